The lowest BCUT2D eigenvalue weighted by Crippen LogP contribution is -2.36. The zero-order valence-corrected chi connectivity index (χ0v) is 16.0. The lowest BCUT2D eigenvalue weighted by Gasteiger charge is -2.23. The van der Waals surface area contributed by atoms with Gasteiger partial charge >= 0.3 is 12.0 Å². The summed E-state index contributed by atoms with van der Waals surface area (Å²) >= 11 is 0. The minimum atomic E-state index is -1.12. The topological polar surface area (TPSA) is 87.7 Å². The van der Waals surface area contributed by atoms with Gasteiger partial charge in [0.05, 0.1) is 18.8 Å². The molecule has 0 unspecified atom stereocenters. The molecule has 2 aromatic heterocycles. The van der Waals surface area contributed by atoms with Crippen LogP contribution in [-0.2, 0) is 13.1 Å². The summed E-state index contributed by atoms with van der Waals surface area (Å²) in [6.07, 6.45) is 2.57. The monoisotopic (exact) mass is 399 g/mol. The van der Waals surface area contributed by atoms with Gasteiger partial charge in [-0.1, -0.05) is 19.1 Å². The number of benzene rings is 1. The fourth-order valence-electron chi connectivity index (χ4n) is 2.97. The fourth-order valence-corrected chi connectivity index (χ4v) is 2.97. The van der Waals surface area contributed by atoms with Gasteiger partial charge in [0.15, 0.2) is 0 Å². The van der Waals surface area contributed by atoms with Gasteiger partial charge in [0.25, 0.3) is 0 Å². The number of hydrogen-bond donors (Lipinski definition) is 2. The molecule has 0 bridgehead atoms. The number of halogens is 1. The molecule has 152 valence electrons. The largest absolute Gasteiger partial charge is 0.475 e. The first-order chi connectivity index (χ1) is 14.0. The second-order valence-corrected chi connectivity index (χ2v) is 6.53. The van der Waals surface area contributed by atoms with Crippen LogP contribution in [-0.4, -0.2) is 33.1 Å². The van der Waals surface area contributed by atoms with Gasteiger partial charge in [-0.15, -0.1) is 0 Å². The van der Waals surface area contributed by atoms with Crippen LogP contribution in [0.2, 0.25) is 0 Å². The number of nitrogens with one attached hydrogen (secondary N) is 1. The van der Waals surface area contributed by atoms with Gasteiger partial charge in [0.1, 0.15) is 11.6 Å². The van der Waals surface area contributed by atoms with Crippen molar-refractivity contribution in [1.29, 1.82) is 0 Å². The lowest BCUT2D eigenvalue weighted by atomic mass is 10.3. The molecule has 3 rings (SSSR count). The Balaban J connectivity index is 1.72. The molecule has 0 atom stereocenters. The summed E-state index contributed by atoms with van der Waals surface area (Å²) in [5, 5.41) is 11.6. The van der Waals surface area contributed by atoms with Gasteiger partial charge in [0.2, 0.25) is 5.76 Å². The van der Waals surface area contributed by atoms with Crippen molar-refractivity contribution >= 4 is 17.7 Å². The van der Waals surface area contributed by atoms with E-state index in [-0.39, 0.29) is 11.4 Å². The Bertz CT molecular complexity index is 995. The molecule has 2 amide bonds. The summed E-state index contributed by atoms with van der Waals surface area (Å²) < 4.78 is 21.0. The Labute approximate surface area is 167 Å². The van der Waals surface area contributed by atoms with Gasteiger partial charge in [-0.05, 0) is 42.8 Å². The molecular weight excluding hydrogens is 377 g/mol. The molecule has 0 radical (unpaired) electrons. The van der Waals surface area contributed by atoms with Crippen molar-refractivity contribution in [3.8, 4) is 0 Å². The van der Waals surface area contributed by atoms with E-state index in [1.54, 1.807) is 23.1 Å². The second-order valence-electron chi connectivity index (χ2n) is 6.53. The number of hydrogen-bond acceptors (Lipinski definition) is 3. The van der Waals surface area contributed by atoms with E-state index >= 15 is 0 Å². The zero-order valence-electron chi connectivity index (χ0n) is 16.0. The molecule has 0 aliphatic rings. The van der Waals surface area contributed by atoms with Crippen LogP contribution in [0, 0.1) is 5.82 Å². The van der Waals surface area contributed by atoms with Crippen molar-refractivity contribution in [3.63, 3.8) is 0 Å². The van der Waals surface area contributed by atoms with E-state index in [0.29, 0.717) is 25.4 Å². The van der Waals surface area contributed by atoms with Gasteiger partial charge in [-0.2, -0.15) is 0 Å². The Hall–Kier alpha value is -3.55. The molecule has 2 heterocycles. The third-order valence-corrected chi connectivity index (χ3v) is 4.37. The fraction of sp³-hybridized carbons (Fsp3) is 0.238. The molecule has 29 heavy (non-hydrogen) atoms. The highest BCUT2D eigenvalue weighted by Gasteiger charge is 2.17. The molecule has 3 aromatic rings. The van der Waals surface area contributed by atoms with Crippen molar-refractivity contribution < 1.29 is 23.5 Å². The maximum absolute atomic E-state index is 13.9. The SMILES string of the molecule is CCCN(Cc1cccn1Cc1ccc(C(=O)O)o1)C(=O)Nc1ccccc1F. The number of carbonyl (C=O) groups is 2. The number of carboxylic acid groups (broad SMARTS) is 1. The standard InChI is InChI=1S/C21H22FN3O4/c1-2-11-25(21(28)23-18-8-4-3-7-17(18)22)13-15-6-5-12-24(15)14-16-9-10-19(29-16)20(26)27/h3-10,12H,2,11,13-14H2,1H3,(H,23,28)(H,26,27). The molecule has 0 saturated heterocycles. The van der Waals surface area contributed by atoms with Crippen LogP contribution in [0.4, 0.5) is 14.9 Å². The summed E-state index contributed by atoms with van der Waals surface area (Å²) in [6.45, 7) is 3.10. The minimum absolute atomic E-state index is 0.120. The van der Waals surface area contributed by atoms with Gasteiger partial charge in [-0.25, -0.2) is 14.0 Å². The third-order valence-electron chi connectivity index (χ3n) is 4.37. The van der Waals surface area contributed by atoms with Gasteiger partial charge in [0, 0.05) is 18.4 Å². The van der Waals surface area contributed by atoms with E-state index in [1.165, 1.54) is 18.2 Å². The maximum atomic E-state index is 13.9. The van der Waals surface area contributed by atoms with Crippen molar-refractivity contribution in [2.24, 2.45) is 0 Å². The average molecular weight is 399 g/mol. The number of rotatable bonds is 8. The van der Waals surface area contributed by atoms with Crippen LogP contribution in [0.15, 0.2) is 59.1 Å². The summed E-state index contributed by atoms with van der Waals surface area (Å²) in [5.74, 6) is -1.24. The minimum Gasteiger partial charge on any atom is -0.475 e. The normalized spacial score (nSPS) is 10.7. The molecule has 0 fully saturated rings. The van der Waals surface area contributed by atoms with Crippen molar-refractivity contribution in [1.82, 2.24) is 9.47 Å². The molecular formula is C21H22FN3O4. The molecule has 0 saturated carbocycles. The van der Waals surface area contributed by atoms with Crippen LogP contribution >= 0.6 is 0 Å². The third kappa shape index (κ3) is 5.04. The van der Waals surface area contributed by atoms with Crippen LogP contribution in [0.25, 0.3) is 0 Å². The highest BCUT2D eigenvalue weighted by molar-refractivity contribution is 5.89. The Morgan fingerprint density at radius 3 is 2.66 bits per heavy atom. The maximum Gasteiger partial charge on any atom is 0.371 e. The number of carbonyl (C=O) groups excluding carboxylic acids is 1. The predicted molar refractivity (Wildman–Crippen MR) is 105 cm³/mol. The van der Waals surface area contributed by atoms with Crippen LogP contribution in [0.3, 0.4) is 0 Å². The van der Waals surface area contributed by atoms with Crippen molar-refractivity contribution in [2.75, 3.05) is 11.9 Å². The quantitative estimate of drug-likeness (QED) is 0.587. The van der Waals surface area contributed by atoms with E-state index in [1.807, 2.05) is 29.8 Å². The first-order valence-electron chi connectivity index (χ1n) is 9.24. The first-order valence-corrected chi connectivity index (χ1v) is 9.24. The predicted octanol–water partition coefficient (Wildman–Crippen LogP) is 4.41. The number of furan rings is 1. The number of amides is 2. The smallest absolute Gasteiger partial charge is 0.371 e. The highest BCUT2D eigenvalue weighted by Crippen LogP contribution is 2.16. The lowest BCUT2D eigenvalue weighted by molar-refractivity contribution is 0.0660. The van der Waals surface area contributed by atoms with E-state index in [9.17, 15) is 14.0 Å². The Morgan fingerprint density at radius 1 is 1.17 bits per heavy atom. The molecule has 2 N–H and O–H groups in total. The summed E-state index contributed by atoms with van der Waals surface area (Å²) in [6, 6.07) is 12.4. The Morgan fingerprint density at radius 2 is 1.97 bits per heavy atom. The second kappa shape index (κ2) is 9.09. The molecule has 0 spiro atoms. The Kier molecular flexibility index (Phi) is 6.33. The van der Waals surface area contributed by atoms with Gasteiger partial charge < -0.3 is 24.3 Å². The van der Waals surface area contributed by atoms with E-state index in [0.717, 1.165) is 12.1 Å². The van der Waals surface area contributed by atoms with Crippen LogP contribution < -0.4 is 5.32 Å². The summed E-state index contributed by atoms with van der Waals surface area (Å²) in [5.41, 5.74) is 0.973. The van der Waals surface area contributed by atoms with Gasteiger partial charge in [-0.3, -0.25) is 0 Å². The number of para-hydroxylation sites is 1. The molecule has 7 nitrogen and oxygen atoms in total. The van der Waals surface area contributed by atoms with Crippen LogP contribution in [0.1, 0.15) is 35.4 Å². The van der Waals surface area contributed by atoms with E-state index in [2.05, 4.69) is 5.32 Å². The first kappa shape index (κ1) is 20.2. The summed E-state index contributed by atoms with van der Waals surface area (Å²) in [4.78, 5) is 25.3. The van der Waals surface area contributed by atoms with E-state index < -0.39 is 17.8 Å². The van der Waals surface area contributed by atoms with E-state index in [4.69, 9.17) is 9.52 Å². The molecule has 8 heteroatoms. The number of nitrogens with zero attached hydrogens (tertiary/aromatic N) is 2. The zero-order chi connectivity index (χ0) is 20.8. The molecule has 1 aromatic carbocycles. The molecule has 0 aliphatic heterocycles. The number of carboxylic acids is 1. The number of urea groups is 1. The van der Waals surface area contributed by atoms with Crippen molar-refractivity contribution in [3.05, 3.63) is 77.8 Å². The van der Waals surface area contributed by atoms with Crippen LogP contribution in [0.5, 0.6) is 0 Å². The number of aromatic carboxylic acids is 1. The molecule has 0 aliphatic carbocycles. The van der Waals surface area contributed by atoms with Crippen molar-refractivity contribution in [2.45, 2.75) is 26.4 Å². The average Bonchev–Trinajstić information content (AvgIpc) is 3.33. The summed E-state index contributed by atoms with van der Waals surface area (Å²) in [7, 11) is 0. The number of anilines is 1. The number of aromatic nitrogens is 1. The highest BCUT2D eigenvalue weighted by atomic mass is 19.1.